The first-order valence-corrected chi connectivity index (χ1v) is 8.99. The topological polar surface area (TPSA) is 111 Å². The van der Waals surface area contributed by atoms with Gasteiger partial charge in [-0.1, -0.05) is 29.4 Å². The van der Waals surface area contributed by atoms with Crippen LogP contribution >= 0.6 is 23.4 Å². The van der Waals surface area contributed by atoms with E-state index in [1.807, 2.05) is 0 Å². The van der Waals surface area contributed by atoms with Crippen LogP contribution in [0.5, 0.6) is 0 Å². The molecule has 138 valence electrons. The molecule has 1 heterocycles. The Hall–Kier alpha value is -2.91. The zero-order valence-electron chi connectivity index (χ0n) is 14.0. The minimum atomic E-state index is -0.492. The van der Waals surface area contributed by atoms with E-state index in [0.29, 0.717) is 16.3 Å². The number of aromatic nitrogens is 2. The van der Waals surface area contributed by atoms with Gasteiger partial charge in [0.15, 0.2) is 0 Å². The molecule has 0 fully saturated rings. The molecule has 1 amide bonds. The molecule has 1 atom stereocenters. The lowest BCUT2D eigenvalue weighted by atomic mass is 10.2. The van der Waals surface area contributed by atoms with Crippen molar-refractivity contribution in [3.05, 3.63) is 63.7 Å². The zero-order chi connectivity index (χ0) is 19.4. The molecule has 10 heteroatoms. The molecule has 27 heavy (non-hydrogen) atoms. The highest BCUT2D eigenvalue weighted by atomic mass is 35.5. The van der Waals surface area contributed by atoms with E-state index < -0.39 is 10.2 Å². The lowest BCUT2D eigenvalue weighted by Crippen LogP contribution is -2.22. The van der Waals surface area contributed by atoms with Crippen LogP contribution in [0.1, 0.15) is 6.92 Å². The monoisotopic (exact) mass is 404 g/mol. The van der Waals surface area contributed by atoms with Gasteiger partial charge in [0.05, 0.1) is 10.2 Å². The van der Waals surface area contributed by atoms with Crippen LogP contribution in [0.25, 0.3) is 11.5 Å². The third-order valence-electron chi connectivity index (χ3n) is 3.47. The Morgan fingerprint density at radius 3 is 2.67 bits per heavy atom. The number of benzene rings is 2. The highest BCUT2D eigenvalue weighted by molar-refractivity contribution is 8.00. The maximum Gasteiger partial charge on any atom is 0.277 e. The van der Waals surface area contributed by atoms with E-state index in [2.05, 4.69) is 15.5 Å². The van der Waals surface area contributed by atoms with Crippen LogP contribution in [-0.2, 0) is 4.79 Å². The van der Waals surface area contributed by atoms with E-state index in [1.165, 1.54) is 24.3 Å². The Morgan fingerprint density at radius 2 is 2.00 bits per heavy atom. The second kappa shape index (κ2) is 8.19. The molecule has 3 aromatic rings. The molecule has 0 aliphatic rings. The number of nitro benzene ring substituents is 1. The quantitative estimate of drug-likeness (QED) is 0.367. The third-order valence-corrected chi connectivity index (χ3v) is 4.64. The van der Waals surface area contributed by atoms with Crippen molar-refractivity contribution in [3.8, 4) is 11.5 Å². The molecule has 1 unspecified atom stereocenters. The van der Waals surface area contributed by atoms with Crippen LogP contribution < -0.4 is 5.32 Å². The number of hydrogen-bond acceptors (Lipinski definition) is 7. The minimum Gasteiger partial charge on any atom is -0.411 e. The molecule has 1 N–H and O–H groups in total. The van der Waals surface area contributed by atoms with Gasteiger partial charge in [0.1, 0.15) is 0 Å². The van der Waals surface area contributed by atoms with Crippen molar-refractivity contribution in [3.63, 3.8) is 0 Å². The standard InChI is InChI=1S/C17H13ClN4O4S/c1-10(15(23)19-13-4-2-3-12(18)9-13)27-17-21-20-16(26-17)11-5-7-14(8-6-11)22(24)25/h2-10H,1H3,(H,19,23). The number of thioether (sulfide) groups is 1. The van der Waals surface area contributed by atoms with Gasteiger partial charge in [-0.05, 0) is 37.3 Å². The van der Waals surface area contributed by atoms with Gasteiger partial charge >= 0.3 is 0 Å². The summed E-state index contributed by atoms with van der Waals surface area (Å²) < 4.78 is 5.53. The summed E-state index contributed by atoms with van der Waals surface area (Å²) in [6.07, 6.45) is 0. The fraction of sp³-hybridized carbons (Fsp3) is 0.118. The second-order valence-corrected chi connectivity index (χ2v) is 7.17. The number of nitro groups is 1. The zero-order valence-corrected chi connectivity index (χ0v) is 15.5. The SMILES string of the molecule is CC(Sc1nnc(-c2ccc([N+](=O)[O-])cc2)o1)C(=O)Nc1cccc(Cl)c1. The molecule has 0 spiro atoms. The van der Waals surface area contributed by atoms with E-state index in [0.717, 1.165) is 11.8 Å². The van der Waals surface area contributed by atoms with Gasteiger partial charge in [-0.15, -0.1) is 10.2 Å². The number of hydrogen-bond donors (Lipinski definition) is 1. The summed E-state index contributed by atoms with van der Waals surface area (Å²) in [7, 11) is 0. The number of rotatable bonds is 6. The van der Waals surface area contributed by atoms with Gasteiger partial charge in [0.2, 0.25) is 11.8 Å². The Balaban J connectivity index is 1.64. The highest BCUT2D eigenvalue weighted by Crippen LogP contribution is 2.28. The average Bonchev–Trinajstić information content (AvgIpc) is 3.10. The average molecular weight is 405 g/mol. The van der Waals surface area contributed by atoms with Gasteiger partial charge in [-0.2, -0.15) is 0 Å². The number of nitrogens with zero attached hydrogens (tertiary/aromatic N) is 3. The molecule has 2 aromatic carbocycles. The first kappa shape index (κ1) is 18.9. The molecular formula is C17H13ClN4O4S. The first-order valence-electron chi connectivity index (χ1n) is 7.74. The molecule has 0 radical (unpaired) electrons. The Labute approximate surface area is 163 Å². The molecule has 3 rings (SSSR count). The number of anilines is 1. The molecule has 0 aliphatic heterocycles. The van der Waals surface area contributed by atoms with E-state index in [9.17, 15) is 14.9 Å². The summed E-state index contributed by atoms with van der Waals surface area (Å²) in [6.45, 7) is 1.71. The maximum absolute atomic E-state index is 12.3. The van der Waals surface area contributed by atoms with Crippen molar-refractivity contribution < 1.29 is 14.1 Å². The summed E-state index contributed by atoms with van der Waals surface area (Å²) in [5.41, 5.74) is 1.12. The van der Waals surface area contributed by atoms with Crippen molar-refractivity contribution in [2.24, 2.45) is 0 Å². The summed E-state index contributed by atoms with van der Waals surface area (Å²) >= 11 is 7.00. The largest absolute Gasteiger partial charge is 0.411 e. The molecule has 8 nitrogen and oxygen atoms in total. The number of non-ortho nitro benzene ring substituents is 1. The summed E-state index contributed by atoms with van der Waals surface area (Å²) in [6, 6.07) is 12.6. The van der Waals surface area contributed by atoms with Crippen LogP contribution in [0, 0.1) is 10.1 Å². The Morgan fingerprint density at radius 1 is 1.26 bits per heavy atom. The number of nitrogens with one attached hydrogen (secondary N) is 1. The Bertz CT molecular complexity index is 977. The number of carbonyl (C=O) groups is 1. The fourth-order valence-corrected chi connectivity index (χ4v) is 2.99. The molecule has 0 saturated carbocycles. The van der Waals surface area contributed by atoms with Gasteiger partial charge in [0, 0.05) is 28.4 Å². The maximum atomic E-state index is 12.3. The summed E-state index contributed by atoms with van der Waals surface area (Å²) in [5.74, 6) is -0.0211. The highest BCUT2D eigenvalue weighted by Gasteiger charge is 2.19. The molecule has 1 aromatic heterocycles. The van der Waals surface area contributed by atoms with Crippen LogP contribution in [0.3, 0.4) is 0 Å². The van der Waals surface area contributed by atoms with E-state index in [4.69, 9.17) is 16.0 Å². The normalized spacial score (nSPS) is 11.8. The van der Waals surface area contributed by atoms with Gasteiger partial charge < -0.3 is 9.73 Å². The second-order valence-electron chi connectivity index (χ2n) is 5.44. The molecule has 0 aliphatic carbocycles. The van der Waals surface area contributed by atoms with E-state index in [-0.39, 0.29) is 22.7 Å². The predicted molar refractivity (Wildman–Crippen MR) is 102 cm³/mol. The lowest BCUT2D eigenvalue weighted by molar-refractivity contribution is -0.384. The molecule has 0 bridgehead atoms. The van der Waals surface area contributed by atoms with Crippen molar-refractivity contribution >= 4 is 40.6 Å². The number of carbonyl (C=O) groups excluding carboxylic acids is 1. The van der Waals surface area contributed by atoms with Crippen molar-refractivity contribution in [2.45, 2.75) is 17.4 Å². The van der Waals surface area contributed by atoms with Crippen molar-refractivity contribution in [1.29, 1.82) is 0 Å². The van der Waals surface area contributed by atoms with E-state index >= 15 is 0 Å². The number of amides is 1. The molecule has 0 saturated heterocycles. The Kier molecular flexibility index (Phi) is 5.72. The van der Waals surface area contributed by atoms with Crippen LogP contribution in [0.4, 0.5) is 11.4 Å². The van der Waals surface area contributed by atoms with Crippen molar-refractivity contribution in [1.82, 2.24) is 10.2 Å². The summed E-state index contributed by atoms with van der Waals surface area (Å²) in [4.78, 5) is 22.5. The minimum absolute atomic E-state index is 0.0285. The predicted octanol–water partition coefficient (Wildman–Crippen LogP) is 4.42. The third kappa shape index (κ3) is 4.83. The summed E-state index contributed by atoms with van der Waals surface area (Å²) in [5, 5.41) is 21.5. The smallest absolute Gasteiger partial charge is 0.277 e. The fourth-order valence-electron chi connectivity index (χ4n) is 2.11. The first-order chi connectivity index (χ1) is 12.9. The van der Waals surface area contributed by atoms with Crippen LogP contribution in [-0.4, -0.2) is 26.3 Å². The lowest BCUT2D eigenvalue weighted by Gasteiger charge is -2.09. The number of halogens is 1. The molecular weight excluding hydrogens is 392 g/mol. The van der Waals surface area contributed by atoms with Crippen molar-refractivity contribution in [2.75, 3.05) is 5.32 Å². The van der Waals surface area contributed by atoms with Gasteiger partial charge in [-0.25, -0.2) is 0 Å². The van der Waals surface area contributed by atoms with Gasteiger partial charge in [-0.3, -0.25) is 14.9 Å². The van der Waals surface area contributed by atoms with Crippen LogP contribution in [0.2, 0.25) is 5.02 Å². The van der Waals surface area contributed by atoms with E-state index in [1.54, 1.807) is 31.2 Å². The van der Waals surface area contributed by atoms with Gasteiger partial charge in [0.25, 0.3) is 10.9 Å². The van der Waals surface area contributed by atoms with Crippen LogP contribution in [0.15, 0.2) is 58.2 Å².